The van der Waals surface area contributed by atoms with Crippen molar-refractivity contribution >= 4 is 13.8 Å². The average molecular weight is 692 g/mol. The molecule has 0 heterocycles. The molecule has 8 nitrogen and oxygen atoms in total. The lowest BCUT2D eigenvalue weighted by molar-refractivity contribution is -0.870. The highest BCUT2D eigenvalue weighted by molar-refractivity contribution is 7.45. The lowest BCUT2D eigenvalue weighted by atomic mass is 10.0. The van der Waals surface area contributed by atoms with Gasteiger partial charge in [-0.25, -0.2) is 0 Å². The summed E-state index contributed by atoms with van der Waals surface area (Å²) < 4.78 is 34.4. The number of phosphoric ester groups is 1. The molecule has 0 aliphatic rings. The first-order valence-electron chi connectivity index (χ1n) is 19.8. The second-order valence-electron chi connectivity index (χ2n) is 14.7. The summed E-state index contributed by atoms with van der Waals surface area (Å²) >= 11 is 0. The maximum atomic E-state index is 12.5. The van der Waals surface area contributed by atoms with Crippen LogP contribution in [0.2, 0.25) is 0 Å². The average Bonchev–Trinajstić information content (AvgIpc) is 3.01. The number of likely N-dealkylation sites (N-methyl/N-ethyl adjacent to an activating group) is 1. The molecule has 0 aromatic rings. The van der Waals surface area contributed by atoms with E-state index in [1.807, 2.05) is 21.1 Å². The Hall–Kier alpha value is -0.500. The number of esters is 1. The standard InChI is InChI=1S/C38H78NO7P/c1-6-8-10-12-14-16-17-18-19-20-21-22-24-26-28-30-33-43-35-37(36-45-47(41,42)44-34-32-39(3,4)5)46-38(40)31-29-27-25-23-15-13-11-9-7-2/h37H,6-36H2,1-5H3/t37-/m1/s1. The molecule has 9 heteroatoms. The summed E-state index contributed by atoms with van der Waals surface area (Å²) in [5, 5.41) is 0. The van der Waals surface area contributed by atoms with E-state index in [-0.39, 0.29) is 25.8 Å². The molecule has 2 atom stereocenters. The van der Waals surface area contributed by atoms with Gasteiger partial charge < -0.3 is 27.9 Å². The van der Waals surface area contributed by atoms with Crippen molar-refractivity contribution in [2.45, 2.75) is 187 Å². The van der Waals surface area contributed by atoms with Gasteiger partial charge >= 0.3 is 5.97 Å². The minimum absolute atomic E-state index is 0.0308. The van der Waals surface area contributed by atoms with E-state index < -0.39 is 13.9 Å². The van der Waals surface area contributed by atoms with E-state index in [2.05, 4.69) is 13.8 Å². The van der Waals surface area contributed by atoms with Crippen molar-refractivity contribution < 1.29 is 37.3 Å². The normalized spacial score (nSPS) is 13.9. The van der Waals surface area contributed by atoms with Gasteiger partial charge in [0, 0.05) is 13.0 Å². The predicted octanol–water partition coefficient (Wildman–Crippen LogP) is 10.3. The zero-order chi connectivity index (χ0) is 34.9. The number of unbranched alkanes of at least 4 members (excludes halogenated alkanes) is 23. The molecule has 282 valence electrons. The third-order valence-electron chi connectivity index (χ3n) is 8.66. The SMILES string of the molecule is CCCCCCCCCCCCCCCCCCOC[C@H](COP(=O)([O-])OCC[N+](C)(C)C)OC(=O)CCCCCCCCCCC. The topological polar surface area (TPSA) is 94.1 Å². The molecule has 0 radical (unpaired) electrons. The second-order valence-corrected chi connectivity index (χ2v) is 16.1. The summed E-state index contributed by atoms with van der Waals surface area (Å²) in [5.74, 6) is -0.334. The van der Waals surface area contributed by atoms with E-state index >= 15 is 0 Å². The van der Waals surface area contributed by atoms with Gasteiger partial charge in [-0.3, -0.25) is 9.36 Å². The fourth-order valence-electron chi connectivity index (χ4n) is 5.55. The Kier molecular flexibility index (Phi) is 32.3. The fraction of sp³-hybridized carbons (Fsp3) is 0.974. The maximum absolute atomic E-state index is 12.5. The van der Waals surface area contributed by atoms with Crippen molar-refractivity contribution in [1.29, 1.82) is 0 Å². The lowest BCUT2D eigenvalue weighted by Crippen LogP contribution is -2.37. The fourth-order valence-corrected chi connectivity index (χ4v) is 6.27. The molecule has 0 aliphatic carbocycles. The minimum Gasteiger partial charge on any atom is -0.756 e. The molecular weight excluding hydrogens is 613 g/mol. The molecule has 47 heavy (non-hydrogen) atoms. The van der Waals surface area contributed by atoms with Crippen LogP contribution < -0.4 is 4.89 Å². The van der Waals surface area contributed by atoms with E-state index in [4.69, 9.17) is 18.5 Å². The van der Waals surface area contributed by atoms with Crippen molar-refractivity contribution in [3.63, 3.8) is 0 Å². The number of carbonyl (C=O) groups is 1. The van der Waals surface area contributed by atoms with Gasteiger partial charge in [-0.2, -0.15) is 0 Å². The summed E-state index contributed by atoms with van der Waals surface area (Å²) in [5.41, 5.74) is 0. The lowest BCUT2D eigenvalue weighted by Gasteiger charge is -2.28. The van der Waals surface area contributed by atoms with Crippen molar-refractivity contribution in [2.75, 3.05) is 54.1 Å². The Bertz CT molecular complexity index is 731. The quantitative estimate of drug-likeness (QED) is 0.0277. The molecule has 0 saturated carbocycles. The van der Waals surface area contributed by atoms with Gasteiger partial charge in [-0.15, -0.1) is 0 Å². The molecule has 0 saturated heterocycles. The van der Waals surface area contributed by atoms with E-state index in [9.17, 15) is 14.3 Å². The highest BCUT2D eigenvalue weighted by atomic mass is 31.2. The maximum Gasteiger partial charge on any atom is 0.306 e. The molecular formula is C38H78NO7P. The number of nitrogens with zero attached hydrogens (tertiary/aromatic N) is 1. The van der Waals surface area contributed by atoms with Crippen LogP contribution in [-0.2, 0) is 27.9 Å². The van der Waals surface area contributed by atoms with Gasteiger partial charge in [0.05, 0.1) is 34.4 Å². The first kappa shape index (κ1) is 46.5. The number of ether oxygens (including phenoxy) is 2. The molecule has 0 aromatic carbocycles. The summed E-state index contributed by atoms with van der Waals surface area (Å²) in [4.78, 5) is 24.8. The zero-order valence-corrected chi connectivity index (χ0v) is 32.6. The van der Waals surface area contributed by atoms with Crippen LogP contribution in [0.3, 0.4) is 0 Å². The van der Waals surface area contributed by atoms with E-state index in [1.165, 1.54) is 128 Å². The monoisotopic (exact) mass is 692 g/mol. The van der Waals surface area contributed by atoms with Crippen LogP contribution >= 0.6 is 7.82 Å². The van der Waals surface area contributed by atoms with Gasteiger partial charge in [-0.1, -0.05) is 162 Å². The Morgan fingerprint density at radius 3 is 1.40 bits per heavy atom. The summed E-state index contributed by atoms with van der Waals surface area (Å²) in [6, 6.07) is 0. The number of hydrogen-bond acceptors (Lipinski definition) is 7. The summed E-state index contributed by atoms with van der Waals surface area (Å²) in [6.07, 6.45) is 31.1. The first-order valence-corrected chi connectivity index (χ1v) is 21.2. The Labute approximate surface area is 291 Å². The molecule has 0 aliphatic heterocycles. The van der Waals surface area contributed by atoms with Crippen LogP contribution in [0.25, 0.3) is 0 Å². The van der Waals surface area contributed by atoms with Gasteiger partial charge in [0.25, 0.3) is 7.82 Å². The highest BCUT2D eigenvalue weighted by Crippen LogP contribution is 2.38. The van der Waals surface area contributed by atoms with Crippen LogP contribution in [0.5, 0.6) is 0 Å². The Morgan fingerprint density at radius 2 is 0.979 bits per heavy atom. The smallest absolute Gasteiger partial charge is 0.306 e. The third kappa shape index (κ3) is 36.6. The van der Waals surface area contributed by atoms with Gasteiger partial charge in [0.15, 0.2) is 0 Å². The van der Waals surface area contributed by atoms with E-state index in [1.54, 1.807) is 0 Å². The second kappa shape index (κ2) is 32.7. The first-order chi connectivity index (χ1) is 22.6. The largest absolute Gasteiger partial charge is 0.756 e. The molecule has 0 fully saturated rings. The molecule has 0 spiro atoms. The number of hydrogen-bond donors (Lipinski definition) is 0. The number of phosphoric acid groups is 1. The zero-order valence-electron chi connectivity index (χ0n) is 31.7. The van der Waals surface area contributed by atoms with Gasteiger partial charge in [-0.05, 0) is 12.8 Å². The molecule has 0 bridgehead atoms. The van der Waals surface area contributed by atoms with Crippen molar-refractivity contribution in [3.05, 3.63) is 0 Å². The minimum atomic E-state index is -4.51. The molecule has 0 N–H and O–H groups in total. The Morgan fingerprint density at radius 1 is 0.574 bits per heavy atom. The van der Waals surface area contributed by atoms with E-state index in [0.29, 0.717) is 24.1 Å². The number of carbonyl (C=O) groups excluding carboxylic acids is 1. The van der Waals surface area contributed by atoms with Crippen LogP contribution in [0, 0.1) is 0 Å². The Balaban J connectivity index is 4.18. The van der Waals surface area contributed by atoms with Crippen LogP contribution in [0.1, 0.15) is 181 Å². The summed E-state index contributed by atoms with van der Waals surface area (Å²) in [7, 11) is 1.37. The van der Waals surface area contributed by atoms with Crippen LogP contribution in [-0.4, -0.2) is 70.7 Å². The number of rotatable bonds is 37. The molecule has 1 unspecified atom stereocenters. The molecule has 0 amide bonds. The third-order valence-corrected chi connectivity index (χ3v) is 9.62. The van der Waals surface area contributed by atoms with Crippen molar-refractivity contribution in [1.82, 2.24) is 0 Å². The van der Waals surface area contributed by atoms with Crippen molar-refractivity contribution in [2.24, 2.45) is 0 Å². The van der Waals surface area contributed by atoms with Gasteiger partial charge in [0.1, 0.15) is 19.3 Å². The number of quaternary nitrogens is 1. The predicted molar refractivity (Wildman–Crippen MR) is 194 cm³/mol. The molecule has 0 rings (SSSR count). The van der Waals surface area contributed by atoms with Gasteiger partial charge in [0.2, 0.25) is 0 Å². The molecule has 0 aromatic heterocycles. The van der Waals surface area contributed by atoms with E-state index in [0.717, 1.165) is 32.1 Å². The highest BCUT2D eigenvalue weighted by Gasteiger charge is 2.20. The summed E-state index contributed by atoms with van der Waals surface area (Å²) in [6.45, 7) is 5.42. The van der Waals surface area contributed by atoms with Crippen molar-refractivity contribution in [3.8, 4) is 0 Å². The van der Waals surface area contributed by atoms with Crippen LogP contribution in [0.4, 0.5) is 0 Å². The van der Waals surface area contributed by atoms with Crippen LogP contribution in [0.15, 0.2) is 0 Å².